The molecule has 0 bridgehead atoms. The second kappa shape index (κ2) is 7.19. The quantitative estimate of drug-likeness (QED) is 0.561. The first-order chi connectivity index (χ1) is 10.2. The van der Waals surface area contributed by atoms with Crippen LogP contribution in [0.15, 0.2) is 48.5 Å². The average Bonchev–Trinajstić information content (AvgIpc) is 2.53. The molecule has 2 aromatic carbocycles. The van der Waals surface area contributed by atoms with Crippen molar-refractivity contribution in [2.75, 3.05) is 31.2 Å². The number of carbonyl (C=O) groups excluding carboxylic acids is 1. The van der Waals surface area contributed by atoms with Gasteiger partial charge in [-0.3, -0.25) is 4.79 Å². The summed E-state index contributed by atoms with van der Waals surface area (Å²) < 4.78 is 5.10. The zero-order valence-corrected chi connectivity index (χ0v) is 11.9. The van der Waals surface area contributed by atoms with Gasteiger partial charge in [-0.1, -0.05) is 18.2 Å². The Morgan fingerprint density at radius 2 is 1.90 bits per heavy atom. The van der Waals surface area contributed by atoms with Crippen LogP contribution < -0.4 is 21.1 Å². The summed E-state index contributed by atoms with van der Waals surface area (Å²) in [4.78, 5) is 12.0. The van der Waals surface area contributed by atoms with Crippen LogP contribution in [-0.4, -0.2) is 26.1 Å². The summed E-state index contributed by atoms with van der Waals surface area (Å²) in [6.07, 6.45) is 0. The van der Waals surface area contributed by atoms with E-state index in [0.717, 1.165) is 5.69 Å². The Hall–Kier alpha value is -2.69. The van der Waals surface area contributed by atoms with Crippen molar-refractivity contribution in [2.24, 2.45) is 0 Å². The van der Waals surface area contributed by atoms with E-state index in [1.165, 1.54) is 7.11 Å². The number of ether oxygens (including phenoxy) is 1. The third kappa shape index (κ3) is 4.14. The van der Waals surface area contributed by atoms with Gasteiger partial charge in [-0.15, -0.1) is 0 Å². The Morgan fingerprint density at radius 3 is 2.62 bits per heavy atom. The predicted octanol–water partition coefficient (Wildman–Crippen LogP) is 2.12. The molecule has 5 nitrogen and oxygen atoms in total. The maximum atomic E-state index is 12.0. The van der Waals surface area contributed by atoms with E-state index in [-0.39, 0.29) is 5.91 Å². The van der Waals surface area contributed by atoms with Gasteiger partial charge >= 0.3 is 0 Å². The Labute approximate surface area is 124 Å². The van der Waals surface area contributed by atoms with Crippen LogP contribution in [0.4, 0.5) is 11.4 Å². The number of nitrogens with one attached hydrogen (secondary N) is 2. The van der Waals surface area contributed by atoms with Crippen LogP contribution in [0.1, 0.15) is 10.4 Å². The fourth-order valence-electron chi connectivity index (χ4n) is 1.89. The molecule has 0 saturated heterocycles. The molecule has 0 saturated carbocycles. The number of nitrogen functional groups attached to an aromatic ring is 1. The molecular formula is C16H19N3O2. The molecule has 0 aromatic heterocycles. The molecule has 0 heterocycles. The predicted molar refractivity (Wildman–Crippen MR) is 84.7 cm³/mol. The standard InChI is InChI=1S/C16H19N3O2/c1-21-15-11-12(7-8-14(15)17)16(20)19-10-9-18-13-5-3-2-4-6-13/h2-8,11,18H,9-10,17H2,1H3,(H,19,20). The third-order valence-corrected chi connectivity index (χ3v) is 3.01. The molecule has 5 heteroatoms. The minimum Gasteiger partial charge on any atom is -0.495 e. The normalized spacial score (nSPS) is 9.95. The molecule has 0 atom stereocenters. The van der Waals surface area contributed by atoms with E-state index in [1.54, 1.807) is 18.2 Å². The number of rotatable bonds is 6. The van der Waals surface area contributed by atoms with Gasteiger partial charge in [0.05, 0.1) is 12.8 Å². The fourth-order valence-corrected chi connectivity index (χ4v) is 1.89. The summed E-state index contributed by atoms with van der Waals surface area (Å²) in [6.45, 7) is 1.18. The molecule has 4 N–H and O–H groups in total. The second-order valence-corrected chi connectivity index (χ2v) is 4.51. The zero-order chi connectivity index (χ0) is 15.1. The fraction of sp³-hybridized carbons (Fsp3) is 0.188. The molecule has 0 radical (unpaired) electrons. The van der Waals surface area contributed by atoms with Crippen LogP contribution in [0, 0.1) is 0 Å². The van der Waals surface area contributed by atoms with Crippen molar-refractivity contribution in [2.45, 2.75) is 0 Å². The van der Waals surface area contributed by atoms with E-state index in [1.807, 2.05) is 30.3 Å². The topological polar surface area (TPSA) is 76.4 Å². The van der Waals surface area contributed by atoms with Crippen molar-refractivity contribution < 1.29 is 9.53 Å². The van der Waals surface area contributed by atoms with Gasteiger partial charge in [0.15, 0.2) is 0 Å². The number of para-hydroxylation sites is 1. The molecule has 0 spiro atoms. The average molecular weight is 285 g/mol. The van der Waals surface area contributed by atoms with Gasteiger partial charge in [0.2, 0.25) is 0 Å². The molecule has 2 aromatic rings. The van der Waals surface area contributed by atoms with Crippen molar-refractivity contribution in [3.8, 4) is 5.75 Å². The van der Waals surface area contributed by atoms with Gasteiger partial charge in [-0.05, 0) is 30.3 Å². The van der Waals surface area contributed by atoms with Crippen molar-refractivity contribution in [3.63, 3.8) is 0 Å². The number of methoxy groups -OCH3 is 1. The van der Waals surface area contributed by atoms with E-state index in [2.05, 4.69) is 10.6 Å². The maximum Gasteiger partial charge on any atom is 0.251 e. The first kappa shape index (κ1) is 14.7. The summed E-state index contributed by atoms with van der Waals surface area (Å²) in [5.41, 5.74) is 7.79. The number of nitrogens with two attached hydrogens (primary N) is 1. The zero-order valence-electron chi connectivity index (χ0n) is 11.9. The molecule has 0 unspecified atom stereocenters. The van der Waals surface area contributed by atoms with E-state index in [4.69, 9.17) is 10.5 Å². The molecule has 110 valence electrons. The van der Waals surface area contributed by atoms with Crippen molar-refractivity contribution >= 4 is 17.3 Å². The van der Waals surface area contributed by atoms with Crippen LogP contribution in [0.3, 0.4) is 0 Å². The van der Waals surface area contributed by atoms with Gasteiger partial charge in [0.25, 0.3) is 5.91 Å². The lowest BCUT2D eigenvalue weighted by atomic mass is 10.2. The van der Waals surface area contributed by atoms with Gasteiger partial charge in [0.1, 0.15) is 5.75 Å². The van der Waals surface area contributed by atoms with Gasteiger partial charge in [0, 0.05) is 24.3 Å². The number of anilines is 2. The monoisotopic (exact) mass is 285 g/mol. The van der Waals surface area contributed by atoms with Crippen LogP contribution in [0.5, 0.6) is 5.75 Å². The molecule has 21 heavy (non-hydrogen) atoms. The van der Waals surface area contributed by atoms with Crippen LogP contribution in [0.25, 0.3) is 0 Å². The number of hydrogen-bond acceptors (Lipinski definition) is 4. The minimum atomic E-state index is -0.150. The maximum absolute atomic E-state index is 12.0. The minimum absolute atomic E-state index is 0.150. The van der Waals surface area contributed by atoms with Crippen molar-refractivity contribution in [1.82, 2.24) is 5.32 Å². The smallest absolute Gasteiger partial charge is 0.251 e. The summed E-state index contributed by atoms with van der Waals surface area (Å²) in [6, 6.07) is 14.8. The Bertz CT molecular complexity index is 600. The largest absolute Gasteiger partial charge is 0.495 e. The molecule has 0 aliphatic heterocycles. The number of carbonyl (C=O) groups is 1. The van der Waals surface area contributed by atoms with Crippen LogP contribution in [-0.2, 0) is 0 Å². The molecule has 0 aliphatic rings. The van der Waals surface area contributed by atoms with Crippen LogP contribution >= 0.6 is 0 Å². The summed E-state index contributed by atoms with van der Waals surface area (Å²) in [5.74, 6) is 0.355. The van der Waals surface area contributed by atoms with E-state index < -0.39 is 0 Å². The summed E-state index contributed by atoms with van der Waals surface area (Å²) >= 11 is 0. The van der Waals surface area contributed by atoms with Crippen molar-refractivity contribution in [3.05, 3.63) is 54.1 Å². The number of amides is 1. The highest BCUT2D eigenvalue weighted by atomic mass is 16.5. The van der Waals surface area contributed by atoms with Gasteiger partial charge in [-0.2, -0.15) is 0 Å². The number of benzene rings is 2. The Morgan fingerprint density at radius 1 is 1.14 bits per heavy atom. The number of hydrogen-bond donors (Lipinski definition) is 3. The second-order valence-electron chi connectivity index (χ2n) is 4.51. The van der Waals surface area contributed by atoms with E-state index in [9.17, 15) is 4.79 Å². The molecule has 0 fully saturated rings. The Kier molecular flexibility index (Phi) is 5.04. The van der Waals surface area contributed by atoms with E-state index in [0.29, 0.717) is 30.1 Å². The van der Waals surface area contributed by atoms with E-state index >= 15 is 0 Å². The lowest BCUT2D eigenvalue weighted by Crippen LogP contribution is -2.28. The highest BCUT2D eigenvalue weighted by molar-refractivity contribution is 5.95. The molecular weight excluding hydrogens is 266 g/mol. The SMILES string of the molecule is COc1cc(C(=O)NCCNc2ccccc2)ccc1N. The highest BCUT2D eigenvalue weighted by Crippen LogP contribution is 2.21. The first-order valence-corrected chi connectivity index (χ1v) is 6.71. The summed E-state index contributed by atoms with van der Waals surface area (Å²) in [5, 5.41) is 6.07. The highest BCUT2D eigenvalue weighted by Gasteiger charge is 2.08. The Balaban J connectivity index is 1.82. The lowest BCUT2D eigenvalue weighted by molar-refractivity contribution is 0.0955. The molecule has 1 amide bonds. The van der Waals surface area contributed by atoms with Gasteiger partial charge < -0.3 is 21.1 Å². The lowest BCUT2D eigenvalue weighted by Gasteiger charge is -2.09. The van der Waals surface area contributed by atoms with Crippen LogP contribution in [0.2, 0.25) is 0 Å². The first-order valence-electron chi connectivity index (χ1n) is 6.71. The molecule has 0 aliphatic carbocycles. The summed E-state index contributed by atoms with van der Waals surface area (Å²) in [7, 11) is 1.52. The third-order valence-electron chi connectivity index (χ3n) is 3.01. The van der Waals surface area contributed by atoms with Gasteiger partial charge in [-0.25, -0.2) is 0 Å². The molecule has 2 rings (SSSR count). The van der Waals surface area contributed by atoms with Crippen molar-refractivity contribution in [1.29, 1.82) is 0 Å².